The Morgan fingerprint density at radius 1 is 1.45 bits per heavy atom. The molecule has 0 aliphatic heterocycles. The van der Waals surface area contributed by atoms with E-state index in [1.165, 1.54) is 0 Å². The first-order valence-electron chi connectivity index (χ1n) is 3.57. The van der Waals surface area contributed by atoms with Crippen molar-refractivity contribution >= 4 is 5.97 Å². The van der Waals surface area contributed by atoms with Gasteiger partial charge in [0.25, 0.3) is 0 Å². The van der Waals surface area contributed by atoms with Crippen molar-refractivity contribution in [2.75, 3.05) is 0 Å². The second-order valence-electron chi connectivity index (χ2n) is 2.73. The molecule has 0 aromatic heterocycles. The highest BCUT2D eigenvalue weighted by Gasteiger charge is 1.96. The molecule has 2 nitrogen and oxygen atoms in total. The van der Waals surface area contributed by atoms with E-state index in [0.717, 1.165) is 11.1 Å². The zero-order chi connectivity index (χ0) is 8.85. The van der Waals surface area contributed by atoms with Crippen LogP contribution in [0, 0.1) is 0 Å². The Bertz CT molecular complexity index is 190. The Labute approximate surface area is 67.2 Å². The summed E-state index contributed by atoms with van der Waals surface area (Å²) >= 11 is 0. The number of allylic oxidation sites excluding steroid dienone is 3. The third kappa shape index (κ3) is 6.84. The van der Waals surface area contributed by atoms with Crippen LogP contribution < -0.4 is 0 Å². The first-order chi connectivity index (χ1) is 5.02. The summed E-state index contributed by atoms with van der Waals surface area (Å²) in [4.78, 5) is 10.1. The maximum atomic E-state index is 10.1. The van der Waals surface area contributed by atoms with Crippen LogP contribution in [0.3, 0.4) is 0 Å². The van der Waals surface area contributed by atoms with E-state index in [9.17, 15) is 4.79 Å². The second-order valence-corrected chi connectivity index (χ2v) is 2.73. The van der Waals surface area contributed by atoms with Gasteiger partial charge in [-0.2, -0.15) is 0 Å². The van der Waals surface area contributed by atoms with E-state index in [1.54, 1.807) is 0 Å². The Kier molecular flexibility index (Phi) is 4.27. The van der Waals surface area contributed by atoms with Gasteiger partial charge in [0, 0.05) is 6.42 Å². The fourth-order valence-electron chi connectivity index (χ4n) is 0.797. The molecule has 62 valence electrons. The molecule has 0 aliphatic rings. The van der Waals surface area contributed by atoms with Crippen LogP contribution in [0.25, 0.3) is 0 Å². The van der Waals surface area contributed by atoms with Crippen LogP contribution in [0.5, 0.6) is 0 Å². The topological polar surface area (TPSA) is 37.3 Å². The molecule has 0 aromatic carbocycles. The zero-order valence-electron chi connectivity index (χ0n) is 7.05. The van der Waals surface area contributed by atoms with Crippen molar-refractivity contribution in [1.29, 1.82) is 0 Å². The van der Waals surface area contributed by atoms with Gasteiger partial charge in [-0.25, -0.2) is 0 Å². The van der Waals surface area contributed by atoms with Crippen LogP contribution in [-0.4, -0.2) is 11.1 Å². The van der Waals surface area contributed by atoms with Gasteiger partial charge in [0.2, 0.25) is 0 Å². The molecule has 0 unspecified atom stereocenters. The summed E-state index contributed by atoms with van der Waals surface area (Å²) in [6.07, 6.45) is 2.72. The first-order valence-corrected chi connectivity index (χ1v) is 3.57. The van der Waals surface area contributed by atoms with E-state index >= 15 is 0 Å². The number of hydrogen-bond donors (Lipinski definition) is 1. The molecule has 0 fully saturated rings. The van der Waals surface area contributed by atoms with Gasteiger partial charge in [-0.15, -0.1) is 0 Å². The summed E-state index contributed by atoms with van der Waals surface area (Å²) in [5, 5.41) is 8.35. The van der Waals surface area contributed by atoms with E-state index in [0.29, 0.717) is 6.42 Å². The molecule has 2 heteroatoms. The van der Waals surface area contributed by atoms with Gasteiger partial charge in [-0.05, 0) is 20.3 Å². The van der Waals surface area contributed by atoms with Gasteiger partial charge in [0.1, 0.15) is 0 Å². The molecule has 0 radical (unpaired) electrons. The summed E-state index contributed by atoms with van der Waals surface area (Å²) < 4.78 is 0. The van der Waals surface area contributed by atoms with E-state index in [1.807, 2.05) is 19.9 Å². The third-order valence-corrected chi connectivity index (χ3v) is 1.23. The molecule has 0 saturated carbocycles. The molecule has 0 bridgehead atoms. The SMILES string of the molecule is C=C(C)C=C(C)CCC(=O)O. The molecule has 0 heterocycles. The number of carbonyl (C=O) groups is 1. The molecule has 0 amide bonds. The van der Waals surface area contributed by atoms with Gasteiger partial charge < -0.3 is 5.11 Å². The largest absolute Gasteiger partial charge is 0.481 e. The van der Waals surface area contributed by atoms with Crippen molar-refractivity contribution < 1.29 is 9.90 Å². The number of carboxylic acid groups (broad SMARTS) is 1. The number of rotatable bonds is 4. The summed E-state index contributed by atoms with van der Waals surface area (Å²) in [5.74, 6) is -0.750. The van der Waals surface area contributed by atoms with Crippen LogP contribution in [0.2, 0.25) is 0 Å². The van der Waals surface area contributed by atoms with E-state index in [2.05, 4.69) is 6.58 Å². The zero-order valence-corrected chi connectivity index (χ0v) is 7.05. The van der Waals surface area contributed by atoms with Gasteiger partial charge in [0.05, 0.1) is 0 Å². The highest BCUT2D eigenvalue weighted by atomic mass is 16.4. The number of carboxylic acids is 1. The van der Waals surface area contributed by atoms with Crippen LogP contribution in [0.15, 0.2) is 23.8 Å². The number of aliphatic carboxylic acids is 1. The summed E-state index contributed by atoms with van der Waals surface area (Å²) in [6, 6.07) is 0. The van der Waals surface area contributed by atoms with Gasteiger partial charge >= 0.3 is 5.97 Å². The highest BCUT2D eigenvalue weighted by molar-refractivity contribution is 5.67. The van der Waals surface area contributed by atoms with Crippen molar-refractivity contribution in [3.8, 4) is 0 Å². The van der Waals surface area contributed by atoms with Crippen LogP contribution >= 0.6 is 0 Å². The summed E-state index contributed by atoms with van der Waals surface area (Å²) in [5.41, 5.74) is 2.03. The predicted molar refractivity (Wildman–Crippen MR) is 45.4 cm³/mol. The van der Waals surface area contributed by atoms with Crippen molar-refractivity contribution in [2.45, 2.75) is 26.7 Å². The van der Waals surface area contributed by atoms with Crippen LogP contribution in [0.4, 0.5) is 0 Å². The molecule has 0 rings (SSSR count). The smallest absolute Gasteiger partial charge is 0.303 e. The normalized spacial score (nSPS) is 11.3. The minimum atomic E-state index is -0.750. The predicted octanol–water partition coefficient (Wildman–Crippen LogP) is 2.37. The fourth-order valence-corrected chi connectivity index (χ4v) is 0.797. The lowest BCUT2D eigenvalue weighted by atomic mass is 10.1. The molecular weight excluding hydrogens is 140 g/mol. The van der Waals surface area contributed by atoms with E-state index in [-0.39, 0.29) is 6.42 Å². The maximum absolute atomic E-state index is 10.1. The van der Waals surface area contributed by atoms with Gasteiger partial charge in [-0.3, -0.25) is 4.79 Å². The molecular formula is C9H14O2. The van der Waals surface area contributed by atoms with Crippen molar-refractivity contribution in [2.24, 2.45) is 0 Å². The molecule has 0 saturated heterocycles. The quantitative estimate of drug-likeness (QED) is 0.631. The van der Waals surface area contributed by atoms with Gasteiger partial charge in [0.15, 0.2) is 0 Å². The maximum Gasteiger partial charge on any atom is 0.303 e. The Hall–Kier alpha value is -1.05. The molecule has 0 spiro atoms. The lowest BCUT2D eigenvalue weighted by Gasteiger charge is -1.96. The number of hydrogen-bond acceptors (Lipinski definition) is 1. The average molecular weight is 154 g/mol. The summed E-state index contributed by atoms with van der Waals surface area (Å²) in [6.45, 7) is 7.51. The highest BCUT2D eigenvalue weighted by Crippen LogP contribution is 2.06. The first kappa shape index (κ1) is 9.95. The standard InChI is InChI=1S/C9H14O2/c1-7(2)6-8(3)4-5-9(10)11/h6H,1,4-5H2,2-3H3,(H,10,11). The molecule has 1 N–H and O–H groups in total. The second kappa shape index (κ2) is 4.72. The lowest BCUT2D eigenvalue weighted by molar-refractivity contribution is -0.136. The lowest BCUT2D eigenvalue weighted by Crippen LogP contribution is -1.94. The fraction of sp³-hybridized carbons (Fsp3) is 0.444. The minimum Gasteiger partial charge on any atom is -0.481 e. The van der Waals surface area contributed by atoms with Crippen LogP contribution in [-0.2, 0) is 4.79 Å². The van der Waals surface area contributed by atoms with E-state index in [4.69, 9.17) is 5.11 Å². The van der Waals surface area contributed by atoms with Crippen molar-refractivity contribution in [3.63, 3.8) is 0 Å². The van der Waals surface area contributed by atoms with Crippen molar-refractivity contribution in [1.82, 2.24) is 0 Å². The average Bonchev–Trinajstić information content (AvgIpc) is 1.82. The molecule has 0 aliphatic carbocycles. The summed E-state index contributed by atoms with van der Waals surface area (Å²) in [7, 11) is 0. The Morgan fingerprint density at radius 3 is 2.36 bits per heavy atom. The Balaban J connectivity index is 3.77. The van der Waals surface area contributed by atoms with Crippen molar-refractivity contribution in [3.05, 3.63) is 23.8 Å². The molecule has 0 aromatic rings. The minimum absolute atomic E-state index is 0.204. The molecule has 11 heavy (non-hydrogen) atoms. The van der Waals surface area contributed by atoms with Gasteiger partial charge in [-0.1, -0.05) is 23.8 Å². The monoisotopic (exact) mass is 154 g/mol. The molecule has 0 atom stereocenters. The van der Waals surface area contributed by atoms with Crippen LogP contribution in [0.1, 0.15) is 26.7 Å². The van der Waals surface area contributed by atoms with E-state index < -0.39 is 5.97 Å². The Morgan fingerprint density at radius 2 is 2.00 bits per heavy atom. The third-order valence-electron chi connectivity index (χ3n) is 1.23.